The molecule has 0 atom stereocenters. The van der Waals surface area contributed by atoms with Crippen LogP contribution >= 0.6 is 15.9 Å². The molecule has 0 fully saturated rings. The summed E-state index contributed by atoms with van der Waals surface area (Å²) in [6.45, 7) is 0. The van der Waals surface area contributed by atoms with Crippen LogP contribution in [0.15, 0.2) is 69.8 Å². The van der Waals surface area contributed by atoms with Crippen molar-refractivity contribution >= 4 is 45.6 Å². The molecule has 0 aliphatic carbocycles. The van der Waals surface area contributed by atoms with E-state index in [4.69, 9.17) is 4.74 Å². The van der Waals surface area contributed by atoms with Crippen molar-refractivity contribution in [2.24, 2.45) is 4.99 Å². The van der Waals surface area contributed by atoms with Gasteiger partial charge < -0.3 is 4.74 Å². The van der Waals surface area contributed by atoms with Gasteiger partial charge in [0.05, 0.1) is 4.92 Å². The molecule has 3 rings (SSSR count). The number of ether oxygens (including phenoxy) is 1. The Morgan fingerprint density at radius 3 is 2.56 bits per heavy atom. The maximum absolute atomic E-state index is 11.9. The number of nitro benzene ring substituents is 1. The zero-order valence-corrected chi connectivity index (χ0v) is 14.3. The van der Waals surface area contributed by atoms with Crippen LogP contribution in [-0.4, -0.2) is 16.8 Å². The molecule has 0 saturated carbocycles. The first-order chi connectivity index (χ1) is 12.0. The number of cyclic esters (lactones) is 1. The first-order valence-corrected chi connectivity index (χ1v) is 8.01. The summed E-state index contributed by atoms with van der Waals surface area (Å²) >= 11 is 3.35. The van der Waals surface area contributed by atoms with E-state index in [-0.39, 0.29) is 17.3 Å². The third kappa shape index (κ3) is 4.27. The van der Waals surface area contributed by atoms with Crippen LogP contribution in [-0.2, 0) is 9.53 Å². The molecule has 0 spiro atoms. The number of nitro groups is 1. The monoisotopic (exact) mass is 398 g/mol. The van der Waals surface area contributed by atoms with Crippen LogP contribution in [0.4, 0.5) is 5.69 Å². The molecule has 2 aromatic carbocycles. The average Bonchev–Trinajstić information content (AvgIpc) is 2.95. The number of benzene rings is 2. The Morgan fingerprint density at radius 1 is 1.08 bits per heavy atom. The molecule has 25 heavy (non-hydrogen) atoms. The highest BCUT2D eigenvalue weighted by molar-refractivity contribution is 9.10. The molecule has 1 aliphatic heterocycles. The molecule has 0 N–H and O–H groups in total. The van der Waals surface area contributed by atoms with Gasteiger partial charge in [0.2, 0.25) is 5.90 Å². The zero-order chi connectivity index (χ0) is 17.8. The lowest BCUT2D eigenvalue weighted by Crippen LogP contribution is -2.01. The number of carbonyl (C=O) groups excluding carboxylic acids is 1. The highest BCUT2D eigenvalue weighted by Crippen LogP contribution is 2.19. The standard InChI is InChI=1S/C18H11BrN2O4/c19-14-7-4-13(5-8-14)11-16-18(22)25-17(20-16)9-6-12-2-1-3-15(10-12)21(23)24/h1-11H/b9-6-,16-11+. The van der Waals surface area contributed by atoms with Gasteiger partial charge >= 0.3 is 5.97 Å². The van der Waals surface area contributed by atoms with E-state index in [1.807, 2.05) is 24.3 Å². The van der Waals surface area contributed by atoms with Gasteiger partial charge in [-0.1, -0.05) is 40.2 Å². The van der Waals surface area contributed by atoms with Gasteiger partial charge in [0.25, 0.3) is 5.69 Å². The van der Waals surface area contributed by atoms with Crippen LogP contribution in [0.25, 0.3) is 12.2 Å². The summed E-state index contributed by atoms with van der Waals surface area (Å²) in [5.74, 6) is -0.401. The lowest BCUT2D eigenvalue weighted by molar-refractivity contribution is -0.384. The van der Waals surface area contributed by atoms with E-state index < -0.39 is 10.9 Å². The first-order valence-electron chi connectivity index (χ1n) is 7.22. The van der Waals surface area contributed by atoms with E-state index in [1.165, 1.54) is 18.2 Å². The second-order valence-electron chi connectivity index (χ2n) is 5.11. The van der Waals surface area contributed by atoms with Crippen molar-refractivity contribution in [1.82, 2.24) is 0 Å². The molecule has 0 radical (unpaired) electrons. The second-order valence-corrected chi connectivity index (χ2v) is 6.02. The van der Waals surface area contributed by atoms with Crippen LogP contribution in [0.3, 0.4) is 0 Å². The van der Waals surface area contributed by atoms with Crippen molar-refractivity contribution in [2.45, 2.75) is 0 Å². The Kier molecular flexibility index (Phi) is 4.85. The van der Waals surface area contributed by atoms with Crippen LogP contribution in [0.1, 0.15) is 11.1 Å². The summed E-state index contributed by atoms with van der Waals surface area (Å²) in [6.07, 6.45) is 4.73. The maximum Gasteiger partial charge on any atom is 0.363 e. The number of rotatable bonds is 4. The van der Waals surface area contributed by atoms with Crippen molar-refractivity contribution < 1.29 is 14.5 Å². The summed E-state index contributed by atoms with van der Waals surface area (Å²) in [6, 6.07) is 13.5. The Labute approximate surface area is 151 Å². The van der Waals surface area contributed by atoms with E-state index in [2.05, 4.69) is 20.9 Å². The van der Waals surface area contributed by atoms with Gasteiger partial charge in [0, 0.05) is 22.7 Å². The first kappa shape index (κ1) is 16.8. The molecule has 0 amide bonds. The molecule has 0 unspecified atom stereocenters. The number of hydrogen-bond donors (Lipinski definition) is 0. The fourth-order valence-corrected chi connectivity index (χ4v) is 2.39. The fraction of sp³-hybridized carbons (Fsp3) is 0. The predicted octanol–water partition coefficient (Wildman–Crippen LogP) is 4.37. The normalized spacial score (nSPS) is 15.5. The molecule has 124 valence electrons. The third-order valence-corrected chi connectivity index (χ3v) is 3.84. The van der Waals surface area contributed by atoms with Crippen LogP contribution < -0.4 is 0 Å². The Bertz CT molecular complexity index is 930. The van der Waals surface area contributed by atoms with Crippen LogP contribution in [0, 0.1) is 10.1 Å². The fourth-order valence-electron chi connectivity index (χ4n) is 2.12. The largest absolute Gasteiger partial charge is 0.403 e. The lowest BCUT2D eigenvalue weighted by Gasteiger charge is -1.95. The van der Waals surface area contributed by atoms with Gasteiger partial charge in [-0.05, 0) is 35.4 Å². The van der Waals surface area contributed by atoms with Crippen LogP contribution in [0.5, 0.6) is 0 Å². The molecular weight excluding hydrogens is 388 g/mol. The summed E-state index contributed by atoms with van der Waals surface area (Å²) < 4.78 is 6.02. The van der Waals surface area contributed by atoms with Crippen molar-refractivity contribution in [1.29, 1.82) is 0 Å². The van der Waals surface area contributed by atoms with Gasteiger partial charge in [-0.2, -0.15) is 0 Å². The summed E-state index contributed by atoms with van der Waals surface area (Å²) in [5.41, 5.74) is 1.62. The predicted molar refractivity (Wildman–Crippen MR) is 97.8 cm³/mol. The van der Waals surface area contributed by atoms with E-state index in [0.29, 0.717) is 5.56 Å². The van der Waals surface area contributed by atoms with Gasteiger partial charge in [-0.25, -0.2) is 9.79 Å². The number of hydrogen-bond acceptors (Lipinski definition) is 5. The Morgan fingerprint density at radius 2 is 1.84 bits per heavy atom. The number of non-ortho nitro benzene ring substituents is 1. The SMILES string of the molecule is O=C1OC(/C=C\c2cccc([N+](=O)[O-])c2)=NC/1=C/c1ccc(Br)cc1. The number of aliphatic imine (C=N–C) groups is 1. The molecular formula is C18H11BrN2O4. The van der Waals surface area contributed by atoms with Crippen molar-refractivity contribution in [2.75, 3.05) is 0 Å². The molecule has 1 heterocycles. The van der Waals surface area contributed by atoms with E-state index in [0.717, 1.165) is 10.0 Å². The average molecular weight is 399 g/mol. The third-order valence-electron chi connectivity index (χ3n) is 3.31. The highest BCUT2D eigenvalue weighted by atomic mass is 79.9. The zero-order valence-electron chi connectivity index (χ0n) is 12.8. The molecule has 0 aromatic heterocycles. The molecule has 0 saturated heterocycles. The van der Waals surface area contributed by atoms with Crippen molar-refractivity contribution in [3.8, 4) is 0 Å². The molecule has 6 nitrogen and oxygen atoms in total. The minimum Gasteiger partial charge on any atom is -0.403 e. The molecule has 2 aromatic rings. The number of carbonyl (C=O) groups is 1. The Hall–Kier alpha value is -3.06. The van der Waals surface area contributed by atoms with E-state index in [1.54, 1.807) is 24.3 Å². The number of halogens is 1. The van der Waals surface area contributed by atoms with Crippen LogP contribution in [0.2, 0.25) is 0 Å². The quantitative estimate of drug-likeness (QED) is 0.331. The smallest absolute Gasteiger partial charge is 0.363 e. The summed E-state index contributed by atoms with van der Waals surface area (Å²) in [4.78, 5) is 26.3. The van der Waals surface area contributed by atoms with Gasteiger partial charge in [-0.3, -0.25) is 10.1 Å². The minimum absolute atomic E-state index is 0.0108. The molecule has 0 bridgehead atoms. The highest BCUT2D eigenvalue weighted by Gasteiger charge is 2.21. The summed E-state index contributed by atoms with van der Waals surface area (Å²) in [5, 5.41) is 10.8. The number of esters is 1. The Balaban J connectivity index is 1.79. The van der Waals surface area contributed by atoms with Gasteiger partial charge in [0.1, 0.15) is 0 Å². The van der Waals surface area contributed by atoms with E-state index in [9.17, 15) is 14.9 Å². The van der Waals surface area contributed by atoms with E-state index >= 15 is 0 Å². The molecule has 7 heteroatoms. The minimum atomic E-state index is -0.540. The van der Waals surface area contributed by atoms with Crippen molar-refractivity contribution in [3.05, 3.63) is 86.0 Å². The maximum atomic E-state index is 11.9. The topological polar surface area (TPSA) is 81.8 Å². The van der Waals surface area contributed by atoms with Gasteiger partial charge in [0.15, 0.2) is 5.70 Å². The summed E-state index contributed by atoms with van der Waals surface area (Å²) in [7, 11) is 0. The lowest BCUT2D eigenvalue weighted by atomic mass is 10.2. The number of nitrogens with zero attached hydrogens (tertiary/aromatic N) is 2. The van der Waals surface area contributed by atoms with Crippen molar-refractivity contribution in [3.63, 3.8) is 0 Å². The second kappa shape index (κ2) is 7.23. The van der Waals surface area contributed by atoms with Gasteiger partial charge in [-0.15, -0.1) is 0 Å². The molecule has 1 aliphatic rings.